The van der Waals surface area contributed by atoms with Gasteiger partial charge in [0.25, 0.3) is 0 Å². The van der Waals surface area contributed by atoms with Gasteiger partial charge in [-0.05, 0) is 50.1 Å². The van der Waals surface area contributed by atoms with Gasteiger partial charge in [-0.3, -0.25) is 0 Å². The summed E-state index contributed by atoms with van der Waals surface area (Å²) in [5.74, 6) is 1.42. The smallest absolute Gasteiger partial charge is 0.191 e. The number of pyridine rings is 1. The number of rotatable bonds is 8. The number of aliphatic hydroxyl groups is 1. The molecule has 2 rings (SSSR count). The lowest BCUT2D eigenvalue weighted by atomic mass is 10.1. The fourth-order valence-corrected chi connectivity index (χ4v) is 2.48. The summed E-state index contributed by atoms with van der Waals surface area (Å²) in [4.78, 5) is 8.55. The van der Waals surface area contributed by atoms with Gasteiger partial charge in [-0.25, -0.2) is 9.98 Å². The van der Waals surface area contributed by atoms with E-state index in [1.165, 1.54) is 0 Å². The van der Waals surface area contributed by atoms with Gasteiger partial charge in [-0.15, -0.1) is 24.0 Å². The number of hydrogen-bond donors (Lipinski definition) is 3. The highest BCUT2D eigenvalue weighted by Crippen LogP contribution is 2.18. The number of ether oxygens (including phenoxy) is 1. The van der Waals surface area contributed by atoms with Crippen molar-refractivity contribution in [2.24, 2.45) is 4.99 Å². The van der Waals surface area contributed by atoms with Crippen LogP contribution in [0.2, 0.25) is 5.15 Å². The number of nitrogens with one attached hydrogen (secondary N) is 2. The molecule has 0 fully saturated rings. The number of nitrogens with zero attached hydrogens (tertiary/aromatic N) is 2. The molecule has 1 unspecified atom stereocenters. The molecule has 1 aromatic carbocycles. The Morgan fingerprint density at radius 1 is 1.18 bits per heavy atom. The van der Waals surface area contributed by atoms with Crippen molar-refractivity contribution in [3.05, 3.63) is 58.9 Å². The van der Waals surface area contributed by atoms with E-state index in [0.29, 0.717) is 24.2 Å². The number of aliphatic imine (C=N–C) groups is 1. The van der Waals surface area contributed by atoms with E-state index in [0.717, 1.165) is 23.4 Å². The zero-order chi connectivity index (χ0) is 19.6. The van der Waals surface area contributed by atoms with Crippen LogP contribution in [0.25, 0.3) is 0 Å². The molecule has 0 spiro atoms. The monoisotopic (exact) mass is 518 g/mol. The first-order chi connectivity index (χ1) is 13.0. The second-order valence-electron chi connectivity index (χ2n) is 6.32. The summed E-state index contributed by atoms with van der Waals surface area (Å²) in [5, 5.41) is 17.2. The van der Waals surface area contributed by atoms with E-state index in [1.807, 2.05) is 51.1 Å². The van der Waals surface area contributed by atoms with Gasteiger partial charge in [-0.1, -0.05) is 29.8 Å². The summed E-state index contributed by atoms with van der Waals surface area (Å²) < 4.78 is 5.62. The maximum absolute atomic E-state index is 10.4. The summed E-state index contributed by atoms with van der Waals surface area (Å²) in [7, 11) is 0. The Morgan fingerprint density at radius 3 is 2.46 bits per heavy atom. The van der Waals surface area contributed by atoms with E-state index in [9.17, 15) is 5.11 Å². The highest BCUT2D eigenvalue weighted by molar-refractivity contribution is 14.0. The second kappa shape index (κ2) is 12.8. The maximum Gasteiger partial charge on any atom is 0.191 e. The Hall–Kier alpha value is -1.58. The topological polar surface area (TPSA) is 78.8 Å². The highest BCUT2D eigenvalue weighted by atomic mass is 127. The predicted molar refractivity (Wildman–Crippen MR) is 125 cm³/mol. The predicted octanol–water partition coefficient (Wildman–Crippen LogP) is 3.93. The summed E-state index contributed by atoms with van der Waals surface area (Å²) in [6.45, 7) is 7.49. The van der Waals surface area contributed by atoms with Crippen molar-refractivity contribution < 1.29 is 9.84 Å². The zero-order valence-corrected chi connectivity index (χ0v) is 19.4. The normalized spacial score (nSPS) is 12.3. The largest absolute Gasteiger partial charge is 0.491 e. The third-order valence-corrected chi connectivity index (χ3v) is 3.88. The van der Waals surface area contributed by atoms with Crippen molar-refractivity contribution in [2.45, 2.75) is 39.5 Å². The molecular weight excluding hydrogens is 491 g/mol. The van der Waals surface area contributed by atoms with Gasteiger partial charge in [-0.2, -0.15) is 0 Å². The Bertz CT molecular complexity index is 724. The number of halogens is 2. The third kappa shape index (κ3) is 8.62. The lowest BCUT2D eigenvalue weighted by Gasteiger charge is -2.16. The molecule has 0 saturated heterocycles. The molecule has 0 bridgehead atoms. The van der Waals surface area contributed by atoms with Crippen LogP contribution in [-0.2, 0) is 6.54 Å². The zero-order valence-electron chi connectivity index (χ0n) is 16.4. The van der Waals surface area contributed by atoms with E-state index in [4.69, 9.17) is 16.3 Å². The van der Waals surface area contributed by atoms with Crippen molar-refractivity contribution >= 4 is 41.5 Å². The lowest BCUT2D eigenvalue weighted by molar-refractivity contribution is 0.180. The van der Waals surface area contributed by atoms with Crippen LogP contribution in [0, 0.1) is 0 Å². The standard InChI is InChI=1S/C20H27ClN4O2.HI/c1-4-22-20(24-12-15-5-10-19(21)23-11-15)25-13-18(26)16-6-8-17(9-7-16)27-14(2)3;/h5-11,14,18,26H,4,12-13H2,1-3H3,(H2,22,24,25);1H. The molecule has 2 aromatic rings. The van der Waals surface area contributed by atoms with E-state index >= 15 is 0 Å². The first-order valence-corrected chi connectivity index (χ1v) is 9.43. The fourth-order valence-electron chi connectivity index (χ4n) is 2.36. The van der Waals surface area contributed by atoms with Crippen LogP contribution >= 0.6 is 35.6 Å². The Morgan fingerprint density at radius 2 is 1.89 bits per heavy atom. The minimum atomic E-state index is -0.654. The van der Waals surface area contributed by atoms with Crippen molar-refractivity contribution in [1.29, 1.82) is 0 Å². The Balaban J connectivity index is 0.00000392. The molecule has 3 N–H and O–H groups in total. The van der Waals surface area contributed by atoms with E-state index in [-0.39, 0.29) is 30.1 Å². The van der Waals surface area contributed by atoms with Crippen LogP contribution in [0.1, 0.15) is 38.0 Å². The van der Waals surface area contributed by atoms with Crippen molar-refractivity contribution in [2.75, 3.05) is 13.1 Å². The molecule has 0 radical (unpaired) electrons. The number of guanidine groups is 1. The van der Waals surface area contributed by atoms with Crippen molar-refractivity contribution in [1.82, 2.24) is 15.6 Å². The second-order valence-corrected chi connectivity index (χ2v) is 6.70. The molecule has 1 heterocycles. The van der Waals surface area contributed by atoms with Crippen LogP contribution in [0.15, 0.2) is 47.6 Å². The summed E-state index contributed by atoms with van der Waals surface area (Å²) in [5.41, 5.74) is 1.77. The van der Waals surface area contributed by atoms with Gasteiger partial charge in [0.05, 0.1) is 18.8 Å². The maximum atomic E-state index is 10.4. The van der Waals surface area contributed by atoms with Crippen LogP contribution in [-0.4, -0.2) is 35.2 Å². The van der Waals surface area contributed by atoms with E-state index in [2.05, 4.69) is 20.6 Å². The van der Waals surface area contributed by atoms with Crippen LogP contribution < -0.4 is 15.4 Å². The summed E-state index contributed by atoms with van der Waals surface area (Å²) in [6, 6.07) is 11.1. The fraction of sp³-hybridized carbons (Fsp3) is 0.400. The third-order valence-electron chi connectivity index (χ3n) is 3.65. The molecule has 0 aliphatic rings. The summed E-state index contributed by atoms with van der Waals surface area (Å²) >= 11 is 5.79. The quantitative estimate of drug-likeness (QED) is 0.214. The highest BCUT2D eigenvalue weighted by Gasteiger charge is 2.09. The van der Waals surface area contributed by atoms with Crippen molar-refractivity contribution in [3.8, 4) is 5.75 Å². The number of hydrogen-bond acceptors (Lipinski definition) is 4. The molecule has 0 aliphatic heterocycles. The Labute approximate surface area is 188 Å². The van der Waals surface area contributed by atoms with Gasteiger partial charge in [0.2, 0.25) is 0 Å². The molecule has 0 aliphatic carbocycles. The molecule has 6 nitrogen and oxygen atoms in total. The molecule has 1 atom stereocenters. The SMILES string of the molecule is CCNC(=NCc1ccc(Cl)nc1)NCC(O)c1ccc(OC(C)C)cc1.I. The van der Waals surface area contributed by atoms with Gasteiger partial charge < -0.3 is 20.5 Å². The van der Waals surface area contributed by atoms with E-state index < -0.39 is 6.10 Å². The number of aliphatic hydroxyl groups excluding tert-OH is 1. The molecule has 8 heteroatoms. The molecule has 28 heavy (non-hydrogen) atoms. The van der Waals surface area contributed by atoms with Gasteiger partial charge in [0.1, 0.15) is 10.9 Å². The van der Waals surface area contributed by atoms with Gasteiger partial charge in [0, 0.05) is 19.3 Å². The first-order valence-electron chi connectivity index (χ1n) is 9.05. The van der Waals surface area contributed by atoms with Crippen LogP contribution in [0.3, 0.4) is 0 Å². The summed E-state index contributed by atoms with van der Waals surface area (Å²) in [6.07, 6.45) is 1.17. The number of benzene rings is 1. The minimum Gasteiger partial charge on any atom is -0.491 e. The van der Waals surface area contributed by atoms with Crippen LogP contribution in [0.5, 0.6) is 5.75 Å². The van der Waals surface area contributed by atoms with Gasteiger partial charge >= 0.3 is 0 Å². The lowest BCUT2D eigenvalue weighted by Crippen LogP contribution is -2.39. The molecule has 0 saturated carbocycles. The molecule has 0 amide bonds. The first kappa shape index (κ1) is 24.5. The minimum absolute atomic E-state index is 0. The average Bonchev–Trinajstić information content (AvgIpc) is 2.65. The van der Waals surface area contributed by atoms with E-state index in [1.54, 1.807) is 12.3 Å². The molecular formula is C20H28ClIN4O2. The molecule has 154 valence electrons. The number of aromatic nitrogens is 1. The van der Waals surface area contributed by atoms with Gasteiger partial charge in [0.15, 0.2) is 5.96 Å². The van der Waals surface area contributed by atoms with Crippen molar-refractivity contribution in [3.63, 3.8) is 0 Å². The van der Waals surface area contributed by atoms with Crippen LogP contribution in [0.4, 0.5) is 0 Å². The molecule has 1 aromatic heterocycles. The average molecular weight is 519 g/mol. The Kier molecular flexibility index (Phi) is 11.2.